The summed E-state index contributed by atoms with van der Waals surface area (Å²) in [5.41, 5.74) is 5.21. The van der Waals surface area contributed by atoms with Crippen LogP contribution in [-0.2, 0) is 4.74 Å². The molecule has 4 heteroatoms. The van der Waals surface area contributed by atoms with Crippen LogP contribution in [-0.4, -0.2) is 23.8 Å². The Bertz CT molecular complexity index is 230. The summed E-state index contributed by atoms with van der Waals surface area (Å²) in [5.74, 6) is 0.510. The summed E-state index contributed by atoms with van der Waals surface area (Å²) in [7, 11) is 0. The lowest BCUT2D eigenvalue weighted by Gasteiger charge is -2.28. The molecule has 0 unspecified atom stereocenters. The predicted octanol–water partition coefficient (Wildman–Crippen LogP) is 2.27. The zero-order valence-corrected chi connectivity index (χ0v) is 11.4. The normalized spacial score (nSPS) is 15.8. The third kappa shape index (κ3) is 8.53. The van der Waals surface area contributed by atoms with Gasteiger partial charge in [-0.25, -0.2) is 4.79 Å². The molecular formula is C12H26N2O2. The van der Waals surface area contributed by atoms with Crippen LogP contribution in [0.3, 0.4) is 0 Å². The highest BCUT2D eigenvalue weighted by molar-refractivity contribution is 5.67. The van der Waals surface area contributed by atoms with E-state index < -0.39 is 11.7 Å². The highest BCUT2D eigenvalue weighted by atomic mass is 16.6. The zero-order valence-electron chi connectivity index (χ0n) is 11.4. The van der Waals surface area contributed by atoms with E-state index in [-0.39, 0.29) is 5.54 Å². The van der Waals surface area contributed by atoms with Gasteiger partial charge in [0.05, 0.1) is 0 Å². The van der Waals surface area contributed by atoms with Crippen LogP contribution in [0, 0.1) is 5.92 Å². The Kier molecular flexibility index (Phi) is 5.26. The van der Waals surface area contributed by atoms with Crippen LogP contribution in [0.1, 0.15) is 48.0 Å². The van der Waals surface area contributed by atoms with E-state index in [0.717, 1.165) is 6.42 Å². The molecule has 3 N–H and O–H groups in total. The molecule has 0 bridgehead atoms. The highest BCUT2D eigenvalue weighted by Gasteiger charge is 2.22. The summed E-state index contributed by atoms with van der Waals surface area (Å²) in [6.07, 6.45) is 0.455. The molecule has 0 aliphatic heterocycles. The number of carbonyl (C=O) groups excluding carboxylic acids is 1. The summed E-state index contributed by atoms with van der Waals surface area (Å²) >= 11 is 0. The van der Waals surface area contributed by atoms with Gasteiger partial charge >= 0.3 is 6.09 Å². The monoisotopic (exact) mass is 230 g/mol. The number of ether oxygens (including phenoxy) is 1. The van der Waals surface area contributed by atoms with Crippen molar-refractivity contribution in [2.45, 2.75) is 59.1 Å². The largest absolute Gasteiger partial charge is 0.444 e. The minimum absolute atomic E-state index is 0.384. The molecule has 1 amide bonds. The molecule has 0 aromatic rings. The Morgan fingerprint density at radius 2 is 1.81 bits per heavy atom. The van der Waals surface area contributed by atoms with E-state index in [0.29, 0.717) is 12.5 Å². The summed E-state index contributed by atoms with van der Waals surface area (Å²) in [5, 5.41) is 2.70. The van der Waals surface area contributed by atoms with Crippen molar-refractivity contribution in [1.82, 2.24) is 5.32 Å². The molecule has 1 atom stereocenters. The van der Waals surface area contributed by atoms with Gasteiger partial charge in [0, 0.05) is 12.1 Å². The Balaban J connectivity index is 4.00. The highest BCUT2D eigenvalue weighted by Crippen LogP contribution is 2.13. The Labute approximate surface area is 98.9 Å². The van der Waals surface area contributed by atoms with Crippen molar-refractivity contribution in [3.63, 3.8) is 0 Å². The van der Waals surface area contributed by atoms with Crippen molar-refractivity contribution in [2.75, 3.05) is 6.54 Å². The van der Waals surface area contributed by atoms with E-state index in [1.807, 2.05) is 27.7 Å². The number of carbonyl (C=O) groups is 1. The van der Waals surface area contributed by atoms with Gasteiger partial charge in [-0.3, -0.25) is 0 Å². The van der Waals surface area contributed by atoms with Crippen molar-refractivity contribution in [2.24, 2.45) is 11.7 Å². The first-order valence-corrected chi connectivity index (χ1v) is 5.77. The topological polar surface area (TPSA) is 64.3 Å². The average molecular weight is 230 g/mol. The van der Waals surface area contributed by atoms with E-state index in [4.69, 9.17) is 10.5 Å². The van der Waals surface area contributed by atoms with Crippen LogP contribution in [0.15, 0.2) is 0 Å². The van der Waals surface area contributed by atoms with E-state index in [1.54, 1.807) is 0 Å². The predicted molar refractivity (Wildman–Crippen MR) is 66.3 cm³/mol. The molecule has 16 heavy (non-hydrogen) atoms. The third-order valence-corrected chi connectivity index (χ3v) is 1.91. The van der Waals surface area contributed by atoms with E-state index in [9.17, 15) is 4.79 Å². The fraction of sp³-hybridized carbons (Fsp3) is 0.917. The number of nitrogens with two attached hydrogens (primary N) is 1. The van der Waals surface area contributed by atoms with E-state index >= 15 is 0 Å². The maximum absolute atomic E-state index is 11.4. The lowest BCUT2D eigenvalue weighted by molar-refractivity contribution is 0.0514. The molecular weight excluding hydrogens is 204 g/mol. The fourth-order valence-corrected chi connectivity index (χ4v) is 1.59. The number of hydrogen-bond donors (Lipinski definition) is 2. The first-order valence-electron chi connectivity index (χ1n) is 5.77. The van der Waals surface area contributed by atoms with Gasteiger partial charge in [-0.1, -0.05) is 13.8 Å². The van der Waals surface area contributed by atoms with Crippen molar-refractivity contribution in [3.05, 3.63) is 0 Å². The molecule has 0 heterocycles. The van der Waals surface area contributed by atoms with E-state index in [1.165, 1.54) is 0 Å². The number of rotatable bonds is 4. The minimum atomic E-state index is -0.465. The second kappa shape index (κ2) is 5.53. The molecule has 0 aliphatic carbocycles. The molecule has 0 spiro atoms. The van der Waals surface area contributed by atoms with Crippen LogP contribution in [0.25, 0.3) is 0 Å². The van der Waals surface area contributed by atoms with Crippen molar-refractivity contribution >= 4 is 6.09 Å². The maximum atomic E-state index is 11.4. The number of hydrogen-bond acceptors (Lipinski definition) is 3. The van der Waals surface area contributed by atoms with Gasteiger partial charge in [-0.15, -0.1) is 0 Å². The van der Waals surface area contributed by atoms with Gasteiger partial charge in [-0.2, -0.15) is 0 Å². The molecule has 96 valence electrons. The van der Waals surface area contributed by atoms with Gasteiger partial charge in [0.2, 0.25) is 0 Å². The summed E-state index contributed by atoms with van der Waals surface area (Å²) in [4.78, 5) is 11.4. The smallest absolute Gasteiger partial charge is 0.407 e. The van der Waals surface area contributed by atoms with Gasteiger partial charge in [0.1, 0.15) is 5.60 Å². The van der Waals surface area contributed by atoms with Gasteiger partial charge in [0.25, 0.3) is 0 Å². The van der Waals surface area contributed by atoms with Crippen LogP contribution in [0.5, 0.6) is 0 Å². The first kappa shape index (κ1) is 15.2. The van der Waals surface area contributed by atoms with Crippen LogP contribution < -0.4 is 11.1 Å². The van der Waals surface area contributed by atoms with Crippen LogP contribution >= 0.6 is 0 Å². The molecule has 0 saturated heterocycles. The number of alkyl carbamates (subject to hydrolysis) is 1. The lowest BCUT2D eigenvalue weighted by Crippen LogP contribution is -2.49. The first-order chi connectivity index (χ1) is 7.02. The van der Waals surface area contributed by atoms with Crippen LogP contribution in [0.4, 0.5) is 4.79 Å². The average Bonchev–Trinajstić information content (AvgIpc) is 1.95. The third-order valence-electron chi connectivity index (χ3n) is 1.91. The summed E-state index contributed by atoms with van der Waals surface area (Å²) in [6, 6.07) is 0. The number of nitrogens with one attached hydrogen (secondary N) is 1. The van der Waals surface area contributed by atoms with Crippen molar-refractivity contribution < 1.29 is 9.53 Å². The zero-order chi connectivity index (χ0) is 13.0. The summed E-state index contributed by atoms with van der Waals surface area (Å²) in [6.45, 7) is 12.1. The van der Waals surface area contributed by atoms with Gasteiger partial charge in [0.15, 0.2) is 0 Å². The molecule has 0 fully saturated rings. The van der Waals surface area contributed by atoms with E-state index in [2.05, 4.69) is 19.2 Å². The Morgan fingerprint density at radius 1 is 1.31 bits per heavy atom. The van der Waals surface area contributed by atoms with Crippen LogP contribution in [0.2, 0.25) is 0 Å². The lowest BCUT2D eigenvalue weighted by atomic mass is 9.92. The Morgan fingerprint density at radius 3 is 2.19 bits per heavy atom. The van der Waals surface area contributed by atoms with Crippen molar-refractivity contribution in [3.8, 4) is 0 Å². The quantitative estimate of drug-likeness (QED) is 0.778. The van der Waals surface area contributed by atoms with Gasteiger partial charge < -0.3 is 15.8 Å². The molecule has 0 aromatic heterocycles. The van der Waals surface area contributed by atoms with Crippen molar-refractivity contribution in [1.29, 1.82) is 0 Å². The second-order valence-electron chi connectivity index (χ2n) is 6.11. The molecule has 0 rings (SSSR count). The summed E-state index contributed by atoms with van der Waals surface area (Å²) < 4.78 is 5.13. The fourth-order valence-electron chi connectivity index (χ4n) is 1.59. The Hall–Kier alpha value is -0.770. The molecule has 0 radical (unpaired) electrons. The molecule has 0 aliphatic rings. The molecule has 0 saturated carbocycles. The standard InChI is InChI=1S/C12H26N2O2/c1-9(2)7-12(6,13)8-14-10(15)16-11(3,4)5/h9H,7-8,13H2,1-6H3,(H,14,15)/t12-/m1/s1. The SMILES string of the molecule is CC(C)C[C@@](C)(N)CNC(=O)OC(C)(C)C. The second-order valence-corrected chi connectivity index (χ2v) is 6.11. The number of amides is 1. The minimum Gasteiger partial charge on any atom is -0.444 e. The maximum Gasteiger partial charge on any atom is 0.407 e. The van der Waals surface area contributed by atoms with Gasteiger partial charge in [-0.05, 0) is 40.0 Å². The molecule has 0 aromatic carbocycles. The molecule has 4 nitrogen and oxygen atoms in total.